The van der Waals surface area contributed by atoms with E-state index in [4.69, 9.17) is 21.9 Å². The predicted molar refractivity (Wildman–Crippen MR) is 69.2 cm³/mol. The molecule has 0 saturated heterocycles. The van der Waals surface area contributed by atoms with Crippen LogP contribution in [0.2, 0.25) is 0 Å². The molecule has 0 amide bonds. The van der Waals surface area contributed by atoms with Crippen LogP contribution in [0.25, 0.3) is 0 Å². The minimum absolute atomic E-state index is 0.212. The fourth-order valence-corrected chi connectivity index (χ4v) is 1.66. The molecule has 102 valence electrons. The van der Waals surface area contributed by atoms with E-state index in [0.29, 0.717) is 5.75 Å². The van der Waals surface area contributed by atoms with Gasteiger partial charge in [0, 0.05) is 0 Å². The van der Waals surface area contributed by atoms with Crippen LogP contribution < -0.4 is 4.74 Å². The number of carbonyl (C=O) groups is 1. The van der Waals surface area contributed by atoms with E-state index in [1.54, 1.807) is 6.07 Å². The molecule has 19 heavy (non-hydrogen) atoms. The Morgan fingerprint density at radius 1 is 1.42 bits per heavy atom. The smallest absolute Gasteiger partial charge is 0.338 e. The third kappa shape index (κ3) is 4.92. The fraction of sp³-hybridized carbons (Fsp3) is 0.364. The molecule has 0 saturated carbocycles. The fourth-order valence-electron chi connectivity index (χ4n) is 1.36. The third-order valence-corrected chi connectivity index (χ3v) is 3.00. The summed E-state index contributed by atoms with van der Waals surface area (Å²) in [7, 11) is 2.79. The summed E-state index contributed by atoms with van der Waals surface area (Å²) in [5.74, 6) is -0.895. The lowest BCUT2D eigenvalue weighted by Crippen LogP contribution is -2.14. The van der Waals surface area contributed by atoms with Gasteiger partial charge in [-0.3, -0.25) is 4.55 Å². The Bertz CT molecular complexity index is 554. The van der Waals surface area contributed by atoms with Crippen molar-refractivity contribution in [3.63, 3.8) is 0 Å². The monoisotopic (exact) mass is 284 g/mol. The molecule has 0 atom stereocenters. The summed E-state index contributed by atoms with van der Waals surface area (Å²) in [4.78, 5) is 11.6. The highest BCUT2D eigenvalue weighted by Gasteiger charge is 2.12. The van der Waals surface area contributed by atoms with Crippen molar-refractivity contribution in [3.05, 3.63) is 29.3 Å². The predicted octanol–water partition coefficient (Wildman–Crippen LogP) is 0.408. The van der Waals surface area contributed by atoms with Gasteiger partial charge in [-0.05, 0) is 17.7 Å². The maximum atomic E-state index is 11.6. The topological polar surface area (TPSA) is 89.9 Å². The Hall–Kier alpha value is -1.54. The molecule has 0 fully saturated rings. The molecule has 6 nitrogen and oxygen atoms in total. The molecule has 8 heteroatoms. The summed E-state index contributed by atoms with van der Waals surface area (Å²) in [5.41, 5.74) is 0.946. The number of carbonyl (C=O) groups excluding carboxylic acids is 1. The van der Waals surface area contributed by atoms with Crippen LogP contribution in [-0.4, -0.2) is 46.3 Å². The van der Waals surface area contributed by atoms with Gasteiger partial charge in [-0.25, -0.2) is 4.79 Å². The molecule has 1 aromatic carbocycles. The van der Waals surface area contributed by atoms with Gasteiger partial charge in [0.1, 0.15) is 18.1 Å². The van der Waals surface area contributed by atoms with Crippen molar-refractivity contribution < 1.29 is 27.2 Å². The van der Waals surface area contributed by atoms with Crippen molar-refractivity contribution in [3.8, 4) is 5.75 Å². The van der Waals surface area contributed by atoms with E-state index in [2.05, 4.69) is 0 Å². The summed E-state index contributed by atoms with van der Waals surface area (Å²) in [6.07, 6.45) is 0.265. The van der Waals surface area contributed by atoms with Gasteiger partial charge >= 0.3 is 5.97 Å². The summed E-state index contributed by atoms with van der Waals surface area (Å²) in [6.45, 7) is -0.418. The van der Waals surface area contributed by atoms with Crippen LogP contribution >= 0.6 is 0 Å². The lowest BCUT2D eigenvalue weighted by molar-refractivity contribution is 0.0528. The van der Waals surface area contributed by atoms with Crippen LogP contribution in [0.5, 0.6) is 5.75 Å². The van der Waals surface area contributed by atoms with Crippen LogP contribution in [0.15, 0.2) is 18.2 Å². The molecule has 0 aliphatic heterocycles. The number of methoxy groups -OCH3 is 1. The molecule has 0 bridgehead atoms. The Kier molecular flexibility index (Phi) is 5.37. The van der Waals surface area contributed by atoms with E-state index in [1.165, 1.54) is 19.2 Å². The lowest BCUT2D eigenvalue weighted by Gasteiger charge is -2.09. The second-order valence-corrected chi connectivity index (χ2v) is 5.22. The van der Waals surface area contributed by atoms with Crippen LogP contribution in [-0.2, 0) is 21.2 Å². The number of esters is 1. The zero-order valence-corrected chi connectivity index (χ0v) is 11.1. The standard InChI is InChI=1S/C11H13BO6S/c1-17-10-6-8(2-3-9(10)7-12)11(13)18-4-5-19(14,15)16/h2-3,6H,4-5,7H2,1H3,(H,14,15,16). The highest BCUT2D eigenvalue weighted by atomic mass is 32.2. The summed E-state index contributed by atoms with van der Waals surface area (Å²) in [6, 6.07) is 4.58. The Balaban J connectivity index is 2.72. The van der Waals surface area contributed by atoms with Crippen molar-refractivity contribution >= 4 is 23.9 Å². The van der Waals surface area contributed by atoms with Crippen LogP contribution in [0.3, 0.4) is 0 Å². The molecule has 1 rings (SSSR count). The molecular weight excluding hydrogens is 271 g/mol. The maximum Gasteiger partial charge on any atom is 0.338 e. The number of hydrogen-bond donors (Lipinski definition) is 1. The molecule has 2 radical (unpaired) electrons. The van der Waals surface area contributed by atoms with Gasteiger partial charge < -0.3 is 9.47 Å². The van der Waals surface area contributed by atoms with Crippen molar-refractivity contribution in [2.45, 2.75) is 6.32 Å². The van der Waals surface area contributed by atoms with E-state index >= 15 is 0 Å². The van der Waals surface area contributed by atoms with Crippen LogP contribution in [0, 0.1) is 0 Å². The Morgan fingerprint density at radius 3 is 2.63 bits per heavy atom. The van der Waals surface area contributed by atoms with Crippen LogP contribution in [0.4, 0.5) is 0 Å². The van der Waals surface area contributed by atoms with Gasteiger partial charge in [0.2, 0.25) is 0 Å². The van der Waals surface area contributed by atoms with Crippen molar-refractivity contribution in [1.29, 1.82) is 0 Å². The highest BCUT2D eigenvalue weighted by Crippen LogP contribution is 2.20. The number of hydrogen-bond acceptors (Lipinski definition) is 5. The van der Waals surface area contributed by atoms with Gasteiger partial charge in [-0.2, -0.15) is 8.42 Å². The van der Waals surface area contributed by atoms with E-state index < -0.39 is 28.4 Å². The molecule has 0 unspecified atom stereocenters. The Morgan fingerprint density at radius 2 is 2.11 bits per heavy atom. The quantitative estimate of drug-likeness (QED) is 0.462. The Labute approximate surface area is 112 Å². The lowest BCUT2D eigenvalue weighted by atomic mass is 9.95. The van der Waals surface area contributed by atoms with Crippen molar-refractivity contribution in [1.82, 2.24) is 0 Å². The largest absolute Gasteiger partial charge is 0.496 e. The molecular formula is C11H13BO6S. The van der Waals surface area contributed by atoms with Gasteiger partial charge in [0.25, 0.3) is 10.1 Å². The first kappa shape index (κ1) is 15.5. The minimum atomic E-state index is -4.14. The second-order valence-electron chi connectivity index (χ2n) is 3.65. The molecule has 0 spiro atoms. The van der Waals surface area contributed by atoms with E-state index in [0.717, 1.165) is 5.56 Å². The molecule has 1 aromatic rings. The maximum absolute atomic E-state index is 11.6. The first-order valence-corrected chi connectivity index (χ1v) is 6.97. The van der Waals surface area contributed by atoms with Crippen LogP contribution in [0.1, 0.15) is 15.9 Å². The molecule has 0 aliphatic carbocycles. The number of rotatable bonds is 6. The SMILES string of the molecule is [B]Cc1ccc(C(=O)OCCS(=O)(=O)O)cc1OC. The van der Waals surface area contributed by atoms with E-state index in [-0.39, 0.29) is 11.9 Å². The highest BCUT2D eigenvalue weighted by molar-refractivity contribution is 7.85. The normalized spacial score (nSPS) is 11.1. The van der Waals surface area contributed by atoms with E-state index in [1.807, 2.05) is 0 Å². The zero-order valence-electron chi connectivity index (χ0n) is 10.3. The molecule has 0 aliphatic rings. The van der Waals surface area contributed by atoms with E-state index in [9.17, 15) is 13.2 Å². The molecule has 1 N–H and O–H groups in total. The summed E-state index contributed by atoms with van der Waals surface area (Å²) >= 11 is 0. The van der Waals surface area contributed by atoms with Gasteiger partial charge in [0.15, 0.2) is 0 Å². The molecule has 0 aromatic heterocycles. The van der Waals surface area contributed by atoms with Gasteiger partial charge in [-0.15, -0.1) is 0 Å². The number of ether oxygens (including phenoxy) is 2. The second kappa shape index (κ2) is 6.58. The summed E-state index contributed by atoms with van der Waals surface area (Å²) in [5, 5.41) is 0. The van der Waals surface area contributed by atoms with Crippen molar-refractivity contribution in [2.24, 2.45) is 0 Å². The summed E-state index contributed by atoms with van der Waals surface area (Å²) < 4.78 is 39.2. The first-order valence-electron chi connectivity index (χ1n) is 5.36. The van der Waals surface area contributed by atoms with Crippen molar-refractivity contribution in [2.75, 3.05) is 19.5 Å². The first-order chi connectivity index (χ1) is 8.87. The zero-order chi connectivity index (χ0) is 14.5. The van der Waals surface area contributed by atoms with Gasteiger partial charge in [-0.1, -0.05) is 12.4 Å². The molecule has 0 heterocycles. The average Bonchev–Trinajstić information content (AvgIpc) is 2.36. The average molecular weight is 284 g/mol. The minimum Gasteiger partial charge on any atom is -0.496 e. The third-order valence-electron chi connectivity index (χ3n) is 2.32. The number of benzene rings is 1. The van der Waals surface area contributed by atoms with Gasteiger partial charge in [0.05, 0.1) is 20.5 Å².